The zero-order valence-corrected chi connectivity index (χ0v) is 11.4. The molecule has 0 aliphatic rings. The number of halogens is 1. The maximum Gasteiger partial charge on any atom is 0.165 e. The predicted octanol–water partition coefficient (Wildman–Crippen LogP) is 1.58. The summed E-state index contributed by atoms with van der Waals surface area (Å²) in [7, 11) is 0. The van der Waals surface area contributed by atoms with Crippen molar-refractivity contribution < 1.29 is 19.0 Å². The van der Waals surface area contributed by atoms with E-state index in [1.54, 1.807) is 12.1 Å². The molecule has 0 radical (unpaired) electrons. The largest absolute Gasteiger partial charge is 0.488 e. The Morgan fingerprint density at radius 2 is 2.05 bits per heavy atom. The van der Waals surface area contributed by atoms with Crippen molar-refractivity contribution in [1.82, 2.24) is 5.32 Å². The highest BCUT2D eigenvalue weighted by Gasteiger charge is 2.09. The molecule has 2 N–H and O–H groups in total. The van der Waals surface area contributed by atoms with Gasteiger partial charge < -0.3 is 19.9 Å². The summed E-state index contributed by atoms with van der Waals surface area (Å²) < 4.78 is 23.7. The smallest absolute Gasteiger partial charge is 0.165 e. The Kier molecular flexibility index (Phi) is 7.40. The molecule has 108 valence electrons. The molecule has 19 heavy (non-hydrogen) atoms. The predicted molar refractivity (Wildman–Crippen MR) is 71.9 cm³/mol. The average Bonchev–Trinajstić information content (AvgIpc) is 2.42. The van der Waals surface area contributed by atoms with E-state index in [1.165, 1.54) is 12.1 Å². The molecule has 5 heteroatoms. The average molecular weight is 271 g/mol. The zero-order valence-electron chi connectivity index (χ0n) is 11.4. The summed E-state index contributed by atoms with van der Waals surface area (Å²) in [6.07, 6.45) is -0.691. The quantitative estimate of drug-likeness (QED) is 0.716. The minimum absolute atomic E-state index is 0.0509. The molecule has 4 nitrogen and oxygen atoms in total. The van der Waals surface area contributed by atoms with Crippen LogP contribution < -0.4 is 10.1 Å². The third kappa shape index (κ3) is 6.52. The normalized spacial score (nSPS) is 14.1. The van der Waals surface area contributed by atoms with E-state index >= 15 is 0 Å². The maximum atomic E-state index is 13.3. The summed E-state index contributed by atoms with van der Waals surface area (Å²) in [5, 5.41) is 12.8. The Balaban J connectivity index is 2.21. The van der Waals surface area contributed by atoms with Crippen LogP contribution in [0.1, 0.15) is 13.8 Å². The van der Waals surface area contributed by atoms with Gasteiger partial charge in [-0.3, -0.25) is 0 Å². The highest BCUT2D eigenvalue weighted by atomic mass is 19.1. The first-order valence-corrected chi connectivity index (χ1v) is 6.50. The van der Waals surface area contributed by atoms with Gasteiger partial charge in [0.05, 0.1) is 6.61 Å². The number of benzene rings is 1. The van der Waals surface area contributed by atoms with Crippen molar-refractivity contribution >= 4 is 0 Å². The van der Waals surface area contributed by atoms with Crippen LogP contribution in [0.2, 0.25) is 0 Å². The molecule has 0 aliphatic heterocycles. The molecular weight excluding hydrogens is 249 g/mol. The number of nitrogens with one attached hydrogen (secondary N) is 1. The molecule has 0 spiro atoms. The van der Waals surface area contributed by atoms with Gasteiger partial charge in [0, 0.05) is 19.2 Å². The molecule has 0 saturated heterocycles. The standard InChI is InChI=1S/C14H22FNO3/c1-3-18-9-11(2)16-8-12(17)10-19-14-7-5-4-6-13(14)15/h4-7,11-12,16-17H,3,8-10H2,1-2H3. The topological polar surface area (TPSA) is 50.7 Å². The number of rotatable bonds is 9. The number of aliphatic hydroxyl groups is 1. The Morgan fingerprint density at radius 1 is 1.32 bits per heavy atom. The summed E-state index contributed by atoms with van der Waals surface area (Å²) in [5.74, 6) is -0.267. The fourth-order valence-corrected chi connectivity index (χ4v) is 1.50. The summed E-state index contributed by atoms with van der Waals surface area (Å²) in [6, 6.07) is 6.29. The number of hydrogen-bond acceptors (Lipinski definition) is 4. The van der Waals surface area contributed by atoms with E-state index in [4.69, 9.17) is 9.47 Å². The van der Waals surface area contributed by atoms with Crippen molar-refractivity contribution in [2.45, 2.75) is 26.0 Å². The van der Waals surface area contributed by atoms with Crippen LogP contribution in [-0.4, -0.2) is 43.6 Å². The van der Waals surface area contributed by atoms with Crippen LogP contribution in [0.3, 0.4) is 0 Å². The molecule has 0 heterocycles. The van der Waals surface area contributed by atoms with Crippen LogP contribution in [0, 0.1) is 5.82 Å². The van der Waals surface area contributed by atoms with Gasteiger partial charge in [-0.25, -0.2) is 4.39 Å². The Morgan fingerprint density at radius 3 is 2.74 bits per heavy atom. The number of hydrogen-bond donors (Lipinski definition) is 2. The lowest BCUT2D eigenvalue weighted by Gasteiger charge is -2.17. The molecule has 0 amide bonds. The van der Waals surface area contributed by atoms with Crippen LogP contribution in [0.4, 0.5) is 4.39 Å². The van der Waals surface area contributed by atoms with Gasteiger partial charge in [0.1, 0.15) is 12.7 Å². The van der Waals surface area contributed by atoms with Crippen molar-refractivity contribution in [2.24, 2.45) is 0 Å². The Bertz CT molecular complexity index is 362. The van der Waals surface area contributed by atoms with Crippen LogP contribution in [0.5, 0.6) is 5.75 Å². The lowest BCUT2D eigenvalue weighted by Crippen LogP contribution is -2.38. The molecule has 0 bridgehead atoms. The first-order valence-electron chi connectivity index (χ1n) is 6.50. The number of aliphatic hydroxyl groups excluding tert-OH is 1. The molecule has 0 fully saturated rings. The first kappa shape index (κ1) is 15.9. The van der Waals surface area contributed by atoms with E-state index in [9.17, 15) is 9.50 Å². The van der Waals surface area contributed by atoms with Gasteiger partial charge in [-0.1, -0.05) is 12.1 Å². The summed E-state index contributed by atoms with van der Waals surface area (Å²) >= 11 is 0. The molecule has 1 rings (SSSR count). The summed E-state index contributed by atoms with van der Waals surface area (Å²) in [4.78, 5) is 0. The van der Waals surface area contributed by atoms with E-state index < -0.39 is 11.9 Å². The van der Waals surface area contributed by atoms with E-state index in [-0.39, 0.29) is 18.4 Å². The van der Waals surface area contributed by atoms with Gasteiger partial charge in [-0.2, -0.15) is 0 Å². The van der Waals surface area contributed by atoms with Gasteiger partial charge in [0.2, 0.25) is 0 Å². The van der Waals surface area contributed by atoms with Gasteiger partial charge in [0.25, 0.3) is 0 Å². The molecular formula is C14H22FNO3. The van der Waals surface area contributed by atoms with Gasteiger partial charge in [-0.15, -0.1) is 0 Å². The van der Waals surface area contributed by atoms with E-state index in [1.807, 2.05) is 13.8 Å². The lowest BCUT2D eigenvalue weighted by atomic mass is 10.3. The second-order valence-corrected chi connectivity index (χ2v) is 4.36. The lowest BCUT2D eigenvalue weighted by molar-refractivity contribution is 0.0893. The molecule has 0 aliphatic carbocycles. The van der Waals surface area contributed by atoms with Crippen molar-refractivity contribution in [2.75, 3.05) is 26.4 Å². The highest BCUT2D eigenvalue weighted by Crippen LogP contribution is 2.15. The highest BCUT2D eigenvalue weighted by molar-refractivity contribution is 5.23. The summed E-state index contributed by atoms with van der Waals surface area (Å²) in [6.45, 7) is 5.60. The van der Waals surface area contributed by atoms with Crippen molar-refractivity contribution in [1.29, 1.82) is 0 Å². The van der Waals surface area contributed by atoms with Crippen LogP contribution in [0.25, 0.3) is 0 Å². The fourth-order valence-electron chi connectivity index (χ4n) is 1.50. The third-order valence-electron chi connectivity index (χ3n) is 2.54. The number of para-hydroxylation sites is 1. The van der Waals surface area contributed by atoms with Crippen molar-refractivity contribution in [3.63, 3.8) is 0 Å². The minimum Gasteiger partial charge on any atom is -0.488 e. The molecule has 0 aromatic heterocycles. The van der Waals surface area contributed by atoms with Crippen molar-refractivity contribution in [3.05, 3.63) is 30.1 Å². The fraction of sp³-hybridized carbons (Fsp3) is 0.571. The van der Waals surface area contributed by atoms with Crippen LogP contribution in [-0.2, 0) is 4.74 Å². The maximum absolute atomic E-state index is 13.3. The second-order valence-electron chi connectivity index (χ2n) is 4.36. The Hall–Kier alpha value is -1.17. The van der Waals surface area contributed by atoms with E-state index in [0.29, 0.717) is 19.8 Å². The molecule has 2 atom stereocenters. The second kappa shape index (κ2) is 8.85. The van der Waals surface area contributed by atoms with Gasteiger partial charge in [0.15, 0.2) is 11.6 Å². The monoisotopic (exact) mass is 271 g/mol. The summed E-state index contributed by atoms with van der Waals surface area (Å²) in [5.41, 5.74) is 0. The molecule has 1 aromatic carbocycles. The molecule has 1 aromatic rings. The minimum atomic E-state index is -0.691. The first-order chi connectivity index (χ1) is 9.13. The Labute approximate surface area is 113 Å². The number of ether oxygens (including phenoxy) is 2. The van der Waals surface area contributed by atoms with E-state index in [2.05, 4.69) is 5.32 Å². The van der Waals surface area contributed by atoms with Crippen LogP contribution >= 0.6 is 0 Å². The van der Waals surface area contributed by atoms with Crippen LogP contribution in [0.15, 0.2) is 24.3 Å². The molecule has 0 saturated carbocycles. The van der Waals surface area contributed by atoms with Crippen molar-refractivity contribution in [3.8, 4) is 5.75 Å². The van der Waals surface area contributed by atoms with Gasteiger partial charge >= 0.3 is 0 Å². The SMILES string of the molecule is CCOCC(C)NCC(O)COc1ccccc1F. The van der Waals surface area contributed by atoms with E-state index in [0.717, 1.165) is 0 Å². The molecule has 2 unspecified atom stereocenters. The van der Waals surface area contributed by atoms with Gasteiger partial charge in [-0.05, 0) is 26.0 Å². The zero-order chi connectivity index (χ0) is 14.1. The third-order valence-corrected chi connectivity index (χ3v) is 2.54.